The molecule has 1 heterocycles. The van der Waals surface area contributed by atoms with E-state index in [-0.39, 0.29) is 23.7 Å². The van der Waals surface area contributed by atoms with Crippen molar-refractivity contribution in [2.24, 2.45) is 0 Å². The van der Waals surface area contributed by atoms with Crippen molar-refractivity contribution >= 4 is 17.7 Å². The number of hydrogen-bond donors (Lipinski definition) is 1. The number of terminal acetylenes is 1. The van der Waals surface area contributed by atoms with E-state index in [1.165, 1.54) is 19.4 Å². The maximum atomic E-state index is 12.2. The third-order valence-electron chi connectivity index (χ3n) is 2.44. The summed E-state index contributed by atoms with van der Waals surface area (Å²) in [7, 11) is 1.35. The molecule has 118 valence electrons. The SMILES string of the molecule is C#CCN(C(=O)OC(C)(C)C)c1cnc(C(=O)O)cc1OC. The van der Waals surface area contributed by atoms with Crippen molar-refractivity contribution in [2.75, 3.05) is 18.6 Å². The molecule has 0 aliphatic rings. The Labute approximate surface area is 128 Å². The van der Waals surface area contributed by atoms with Gasteiger partial charge in [-0.25, -0.2) is 14.6 Å². The molecule has 7 nitrogen and oxygen atoms in total. The maximum Gasteiger partial charge on any atom is 0.415 e. The lowest BCUT2D eigenvalue weighted by atomic mass is 10.2. The Kier molecular flexibility index (Phi) is 5.35. The van der Waals surface area contributed by atoms with Gasteiger partial charge in [-0.15, -0.1) is 6.42 Å². The fourth-order valence-corrected chi connectivity index (χ4v) is 1.57. The minimum atomic E-state index is -1.20. The molecule has 0 aliphatic carbocycles. The summed E-state index contributed by atoms with van der Waals surface area (Å²) in [4.78, 5) is 28.1. The molecule has 7 heteroatoms. The molecule has 0 bridgehead atoms. The third-order valence-corrected chi connectivity index (χ3v) is 2.44. The summed E-state index contributed by atoms with van der Waals surface area (Å²) >= 11 is 0. The molecule has 1 amide bonds. The molecular weight excluding hydrogens is 288 g/mol. The molecule has 0 unspecified atom stereocenters. The van der Waals surface area contributed by atoms with Crippen LogP contribution in [0, 0.1) is 12.3 Å². The van der Waals surface area contributed by atoms with E-state index in [0.29, 0.717) is 0 Å². The van der Waals surface area contributed by atoms with E-state index in [9.17, 15) is 9.59 Å². The van der Waals surface area contributed by atoms with Crippen molar-refractivity contribution in [1.82, 2.24) is 4.98 Å². The van der Waals surface area contributed by atoms with Crippen LogP contribution < -0.4 is 9.64 Å². The van der Waals surface area contributed by atoms with Gasteiger partial charge in [-0.2, -0.15) is 0 Å². The lowest BCUT2D eigenvalue weighted by Gasteiger charge is -2.26. The first-order valence-electron chi connectivity index (χ1n) is 6.41. The van der Waals surface area contributed by atoms with Crippen molar-refractivity contribution in [3.8, 4) is 18.1 Å². The summed E-state index contributed by atoms with van der Waals surface area (Å²) in [6, 6.07) is 1.21. The molecule has 0 atom stereocenters. The van der Waals surface area contributed by atoms with Gasteiger partial charge in [0.15, 0.2) is 5.69 Å². The Bertz CT molecular complexity index is 613. The van der Waals surface area contributed by atoms with Gasteiger partial charge < -0.3 is 14.6 Å². The van der Waals surface area contributed by atoms with E-state index in [4.69, 9.17) is 21.0 Å². The van der Waals surface area contributed by atoms with Crippen LogP contribution in [-0.2, 0) is 4.74 Å². The van der Waals surface area contributed by atoms with Gasteiger partial charge in [0.2, 0.25) is 0 Å². The van der Waals surface area contributed by atoms with Gasteiger partial charge in [0.1, 0.15) is 17.0 Å². The van der Waals surface area contributed by atoms with Crippen LogP contribution in [0.4, 0.5) is 10.5 Å². The van der Waals surface area contributed by atoms with Crippen LogP contribution in [0.25, 0.3) is 0 Å². The monoisotopic (exact) mass is 306 g/mol. The summed E-state index contributed by atoms with van der Waals surface area (Å²) in [5.41, 5.74) is -0.670. The second-order valence-corrected chi connectivity index (χ2v) is 5.32. The molecule has 0 aliphatic heterocycles. The topological polar surface area (TPSA) is 89.0 Å². The van der Waals surface area contributed by atoms with Gasteiger partial charge in [-0.3, -0.25) is 4.90 Å². The molecular formula is C15H18N2O5. The van der Waals surface area contributed by atoms with Crippen LogP contribution in [-0.4, -0.2) is 41.4 Å². The van der Waals surface area contributed by atoms with Crippen LogP contribution in [0.3, 0.4) is 0 Å². The molecule has 1 aromatic rings. The zero-order chi connectivity index (χ0) is 16.9. The Morgan fingerprint density at radius 1 is 1.45 bits per heavy atom. The number of methoxy groups -OCH3 is 1. The number of aromatic nitrogens is 1. The Morgan fingerprint density at radius 3 is 2.55 bits per heavy atom. The van der Waals surface area contributed by atoms with Gasteiger partial charge in [0, 0.05) is 6.07 Å². The zero-order valence-electron chi connectivity index (χ0n) is 12.9. The summed E-state index contributed by atoms with van der Waals surface area (Å²) < 4.78 is 10.4. The smallest absolute Gasteiger partial charge is 0.415 e. The molecule has 1 rings (SSSR count). The number of carbonyl (C=O) groups is 2. The summed E-state index contributed by atoms with van der Waals surface area (Å²) in [6.45, 7) is 5.10. The highest BCUT2D eigenvalue weighted by Crippen LogP contribution is 2.29. The zero-order valence-corrected chi connectivity index (χ0v) is 12.9. The molecule has 0 saturated heterocycles. The minimum Gasteiger partial charge on any atom is -0.494 e. The largest absolute Gasteiger partial charge is 0.494 e. The number of carbonyl (C=O) groups excluding carboxylic acids is 1. The number of aromatic carboxylic acids is 1. The van der Waals surface area contributed by atoms with Gasteiger partial charge in [0.05, 0.1) is 19.9 Å². The molecule has 0 fully saturated rings. The summed E-state index contributed by atoms with van der Waals surface area (Å²) in [6.07, 6.45) is 5.82. The Balaban J connectivity index is 3.24. The number of anilines is 1. The van der Waals surface area contributed by atoms with Gasteiger partial charge in [-0.1, -0.05) is 5.92 Å². The standard InChI is InChI=1S/C15H18N2O5/c1-6-7-17(14(20)22-15(2,3)4)11-9-16-10(13(18)19)8-12(11)21-5/h1,8-9H,7H2,2-5H3,(H,18,19). The first-order chi connectivity index (χ1) is 10.2. The first-order valence-corrected chi connectivity index (χ1v) is 6.41. The molecule has 0 aromatic carbocycles. The molecule has 0 radical (unpaired) electrons. The number of rotatable bonds is 4. The van der Waals surface area contributed by atoms with Gasteiger partial charge >= 0.3 is 12.1 Å². The minimum absolute atomic E-state index is 0.0701. The number of pyridine rings is 1. The highest BCUT2D eigenvalue weighted by molar-refractivity contribution is 5.92. The number of hydrogen-bond acceptors (Lipinski definition) is 5. The quantitative estimate of drug-likeness (QED) is 0.857. The average Bonchev–Trinajstić information content (AvgIpc) is 2.42. The second kappa shape index (κ2) is 6.80. The average molecular weight is 306 g/mol. The van der Waals surface area contributed by atoms with E-state index in [2.05, 4.69) is 10.9 Å². The summed E-state index contributed by atoms with van der Waals surface area (Å²) in [5, 5.41) is 8.94. The number of ether oxygens (including phenoxy) is 2. The molecule has 0 spiro atoms. The van der Waals surface area contributed by atoms with E-state index >= 15 is 0 Å². The first kappa shape index (κ1) is 17.3. The van der Waals surface area contributed by atoms with Crippen molar-refractivity contribution in [1.29, 1.82) is 0 Å². The number of nitrogens with zero attached hydrogens (tertiary/aromatic N) is 2. The van der Waals surface area contributed by atoms with Crippen molar-refractivity contribution in [3.05, 3.63) is 18.0 Å². The van der Waals surface area contributed by atoms with Crippen LogP contribution in [0.1, 0.15) is 31.3 Å². The van der Waals surface area contributed by atoms with Crippen LogP contribution in [0.15, 0.2) is 12.3 Å². The Morgan fingerprint density at radius 2 is 2.09 bits per heavy atom. The highest BCUT2D eigenvalue weighted by atomic mass is 16.6. The predicted molar refractivity (Wildman–Crippen MR) is 80.2 cm³/mol. The molecule has 1 N–H and O–H groups in total. The lowest BCUT2D eigenvalue weighted by molar-refractivity contribution is 0.0583. The molecule has 0 saturated carbocycles. The van der Waals surface area contributed by atoms with Crippen LogP contribution in [0.2, 0.25) is 0 Å². The van der Waals surface area contributed by atoms with E-state index in [0.717, 1.165) is 4.90 Å². The number of carboxylic acids is 1. The normalized spacial score (nSPS) is 10.5. The van der Waals surface area contributed by atoms with E-state index in [1.807, 2.05) is 0 Å². The maximum absolute atomic E-state index is 12.2. The Hall–Kier alpha value is -2.75. The second-order valence-electron chi connectivity index (χ2n) is 5.32. The van der Waals surface area contributed by atoms with Crippen molar-refractivity contribution < 1.29 is 24.2 Å². The lowest BCUT2D eigenvalue weighted by Crippen LogP contribution is -2.37. The van der Waals surface area contributed by atoms with Gasteiger partial charge in [0.25, 0.3) is 0 Å². The van der Waals surface area contributed by atoms with Gasteiger partial charge in [-0.05, 0) is 20.8 Å². The predicted octanol–water partition coefficient (Wildman–Crippen LogP) is 2.16. The number of carboxylic acid groups (broad SMARTS) is 1. The highest BCUT2D eigenvalue weighted by Gasteiger charge is 2.26. The molecule has 22 heavy (non-hydrogen) atoms. The summed E-state index contributed by atoms with van der Waals surface area (Å²) in [5.74, 6) is 1.30. The van der Waals surface area contributed by atoms with Crippen molar-refractivity contribution in [3.63, 3.8) is 0 Å². The molecule has 1 aromatic heterocycles. The number of amides is 1. The van der Waals surface area contributed by atoms with E-state index in [1.54, 1.807) is 20.8 Å². The fraction of sp³-hybridized carbons (Fsp3) is 0.400. The third kappa shape index (κ3) is 4.38. The van der Waals surface area contributed by atoms with Crippen LogP contribution >= 0.6 is 0 Å². The fourth-order valence-electron chi connectivity index (χ4n) is 1.57. The van der Waals surface area contributed by atoms with Crippen molar-refractivity contribution in [2.45, 2.75) is 26.4 Å². The van der Waals surface area contributed by atoms with Crippen LogP contribution in [0.5, 0.6) is 5.75 Å². The van der Waals surface area contributed by atoms with E-state index < -0.39 is 17.7 Å².